The van der Waals surface area contributed by atoms with Crippen molar-refractivity contribution in [3.63, 3.8) is 0 Å². The highest BCUT2D eigenvalue weighted by molar-refractivity contribution is 6.32. The van der Waals surface area contributed by atoms with E-state index in [0.29, 0.717) is 22.1 Å². The van der Waals surface area contributed by atoms with E-state index in [-0.39, 0.29) is 19.8 Å². The summed E-state index contributed by atoms with van der Waals surface area (Å²) >= 11 is 6.56. The zero-order valence-corrected chi connectivity index (χ0v) is 21.6. The predicted molar refractivity (Wildman–Crippen MR) is 148 cm³/mol. The molecule has 0 fully saturated rings. The third-order valence-corrected chi connectivity index (χ3v) is 6.14. The number of hydrogen-bond acceptors (Lipinski definition) is 8. The van der Waals surface area contributed by atoms with Gasteiger partial charge in [-0.05, 0) is 34.9 Å². The lowest BCUT2D eigenvalue weighted by Gasteiger charge is -2.17. The van der Waals surface area contributed by atoms with Crippen LogP contribution in [0.3, 0.4) is 0 Å². The summed E-state index contributed by atoms with van der Waals surface area (Å²) in [7, 11) is 0. The van der Waals surface area contributed by atoms with Crippen LogP contribution in [-0.4, -0.2) is 23.5 Å². The molecule has 4 aromatic rings. The number of nitrogens with zero attached hydrogens (tertiary/aromatic N) is 3. The molecule has 4 rings (SSSR count). The first-order valence-corrected chi connectivity index (χ1v) is 12.5. The average Bonchev–Trinajstić information content (AvgIpc) is 2.98. The molecule has 0 saturated heterocycles. The van der Waals surface area contributed by atoms with Gasteiger partial charge in [-0.25, -0.2) is 0 Å². The molecule has 1 N–H and O–H groups in total. The van der Waals surface area contributed by atoms with Gasteiger partial charge in [0.25, 0.3) is 0 Å². The van der Waals surface area contributed by atoms with Crippen molar-refractivity contribution in [2.24, 2.45) is 10.4 Å². The van der Waals surface area contributed by atoms with Gasteiger partial charge in [0.2, 0.25) is 0 Å². The van der Waals surface area contributed by atoms with E-state index in [4.69, 9.17) is 21.1 Å². The van der Waals surface area contributed by atoms with Gasteiger partial charge in [0.15, 0.2) is 0 Å². The smallest absolute Gasteiger partial charge is 0.305 e. The van der Waals surface area contributed by atoms with Gasteiger partial charge < -0.3 is 9.47 Å². The molecule has 0 aliphatic carbocycles. The Balaban J connectivity index is 1.54. The number of aromatic nitrogens is 1. The lowest BCUT2D eigenvalue weighted by atomic mass is 10.0. The summed E-state index contributed by atoms with van der Waals surface area (Å²) in [4.78, 5) is 37.3. The maximum absolute atomic E-state index is 11.7. The van der Waals surface area contributed by atoms with Crippen molar-refractivity contribution in [2.45, 2.75) is 25.8 Å². The number of benzene rings is 3. The van der Waals surface area contributed by atoms with Crippen LogP contribution in [0.15, 0.2) is 102 Å². The molecule has 0 aliphatic heterocycles. The standard InChI is InChI=1S/C29H25ClN4O5/c30-25-13-24(16-32-26(17-33-36)29(35)34-37)27(38-19-21-7-5-11-31-15-21)14-28(25)39-18-20-6-4-10-23(12-20)22-8-2-1-3-9-22/h1-15,26,32H,16-19H2. The van der Waals surface area contributed by atoms with Gasteiger partial charge in [0.1, 0.15) is 37.3 Å². The normalized spacial score (nSPS) is 11.4. The second-order valence-electron chi connectivity index (χ2n) is 8.57. The quantitative estimate of drug-likeness (QED) is 0.203. The Bertz CT molecular complexity index is 1420. The van der Waals surface area contributed by atoms with Gasteiger partial charge in [0.05, 0.1) is 5.02 Å². The molecule has 198 valence electrons. The van der Waals surface area contributed by atoms with Crippen molar-refractivity contribution in [3.05, 3.63) is 123 Å². The number of rotatable bonds is 13. The third-order valence-electron chi connectivity index (χ3n) is 5.84. The predicted octanol–water partition coefficient (Wildman–Crippen LogP) is 6.08. The Labute approximate surface area is 230 Å². The molecule has 0 spiro atoms. The van der Waals surface area contributed by atoms with Crippen LogP contribution in [-0.2, 0) is 24.6 Å². The first kappa shape index (κ1) is 27.6. The van der Waals surface area contributed by atoms with Crippen LogP contribution >= 0.6 is 11.6 Å². The lowest BCUT2D eigenvalue weighted by Crippen LogP contribution is -2.37. The minimum Gasteiger partial charge on any atom is -0.488 e. The number of nitrogens with one attached hydrogen (secondary N) is 1. The number of nitroso groups, excluding NO2 is 2. The van der Waals surface area contributed by atoms with Crippen LogP contribution in [0.4, 0.5) is 0 Å². The number of carbonyl (C=O) groups excluding carboxylic acids is 1. The summed E-state index contributed by atoms with van der Waals surface area (Å²) < 4.78 is 12.1. The molecule has 0 aliphatic rings. The van der Waals surface area contributed by atoms with E-state index < -0.39 is 18.5 Å². The van der Waals surface area contributed by atoms with Crippen molar-refractivity contribution < 1.29 is 14.3 Å². The van der Waals surface area contributed by atoms with Crippen molar-refractivity contribution in [1.82, 2.24) is 10.3 Å². The van der Waals surface area contributed by atoms with Crippen LogP contribution in [0, 0.1) is 9.81 Å². The van der Waals surface area contributed by atoms with Crippen LogP contribution in [0.25, 0.3) is 11.1 Å². The van der Waals surface area contributed by atoms with Crippen LogP contribution in [0.5, 0.6) is 11.5 Å². The minimum atomic E-state index is -1.15. The van der Waals surface area contributed by atoms with E-state index in [1.807, 2.05) is 54.6 Å². The summed E-state index contributed by atoms with van der Waals surface area (Å²) in [6.07, 6.45) is 3.35. The van der Waals surface area contributed by atoms with Crippen molar-refractivity contribution in [2.75, 3.05) is 6.54 Å². The number of pyridine rings is 1. The Hall–Kier alpha value is -4.47. The highest BCUT2D eigenvalue weighted by Gasteiger charge is 2.21. The van der Waals surface area contributed by atoms with Crippen molar-refractivity contribution >= 4 is 17.5 Å². The van der Waals surface area contributed by atoms with Gasteiger partial charge >= 0.3 is 5.91 Å². The van der Waals surface area contributed by atoms with E-state index in [2.05, 4.69) is 26.7 Å². The van der Waals surface area contributed by atoms with Crippen LogP contribution < -0.4 is 14.8 Å². The molecule has 0 radical (unpaired) electrons. The first-order valence-electron chi connectivity index (χ1n) is 12.1. The van der Waals surface area contributed by atoms with Gasteiger partial charge in [-0.1, -0.05) is 71.4 Å². The second kappa shape index (κ2) is 13.9. The van der Waals surface area contributed by atoms with Gasteiger partial charge in [-0.15, -0.1) is 4.91 Å². The Morgan fingerprint density at radius 1 is 0.872 bits per heavy atom. The monoisotopic (exact) mass is 544 g/mol. The van der Waals surface area contributed by atoms with E-state index in [0.717, 1.165) is 22.3 Å². The van der Waals surface area contributed by atoms with Gasteiger partial charge in [0, 0.05) is 41.3 Å². The number of ether oxygens (including phenoxy) is 2. The lowest BCUT2D eigenvalue weighted by molar-refractivity contribution is -0.119. The maximum Gasteiger partial charge on any atom is 0.305 e. The molecule has 0 saturated carbocycles. The molecular weight excluding hydrogens is 520 g/mol. The summed E-state index contributed by atoms with van der Waals surface area (Å²) in [6, 6.07) is 23.9. The Kier molecular flexibility index (Phi) is 9.82. The van der Waals surface area contributed by atoms with E-state index in [9.17, 15) is 14.6 Å². The molecular formula is C29H25ClN4O5. The Morgan fingerprint density at radius 2 is 1.62 bits per heavy atom. The fraction of sp³-hybridized carbons (Fsp3) is 0.172. The first-order chi connectivity index (χ1) is 19.1. The molecule has 3 aromatic carbocycles. The second-order valence-corrected chi connectivity index (χ2v) is 8.98. The molecule has 1 atom stereocenters. The van der Waals surface area contributed by atoms with Crippen LogP contribution in [0.2, 0.25) is 5.02 Å². The summed E-state index contributed by atoms with van der Waals surface area (Å²) in [5, 5.41) is 8.25. The molecule has 1 amide bonds. The molecule has 10 heteroatoms. The van der Waals surface area contributed by atoms with E-state index in [1.54, 1.807) is 30.6 Å². The fourth-order valence-electron chi connectivity index (χ4n) is 3.84. The number of amides is 1. The SMILES string of the molecule is O=NCC(NCc1cc(Cl)c(OCc2cccc(-c3ccccc3)c2)cc1OCc1cccnc1)C(=O)N=O. The molecule has 0 bridgehead atoms. The highest BCUT2D eigenvalue weighted by atomic mass is 35.5. The van der Waals surface area contributed by atoms with Crippen molar-refractivity contribution in [3.8, 4) is 22.6 Å². The molecule has 1 unspecified atom stereocenters. The summed E-state index contributed by atoms with van der Waals surface area (Å²) in [5.41, 5.74) is 4.56. The van der Waals surface area contributed by atoms with Gasteiger partial charge in [-0.2, -0.15) is 4.91 Å². The molecule has 1 heterocycles. The van der Waals surface area contributed by atoms with Crippen LogP contribution in [0.1, 0.15) is 16.7 Å². The summed E-state index contributed by atoms with van der Waals surface area (Å²) in [6.45, 7) is 0.109. The fourth-order valence-corrected chi connectivity index (χ4v) is 4.08. The molecule has 1 aromatic heterocycles. The third kappa shape index (κ3) is 7.76. The minimum absolute atomic E-state index is 0.0585. The average molecular weight is 545 g/mol. The number of halogens is 1. The zero-order chi connectivity index (χ0) is 27.5. The number of hydrogen-bond donors (Lipinski definition) is 1. The summed E-state index contributed by atoms with van der Waals surface area (Å²) in [5.74, 6) is -0.173. The molecule has 9 nitrogen and oxygen atoms in total. The highest BCUT2D eigenvalue weighted by Crippen LogP contribution is 2.34. The molecule has 39 heavy (non-hydrogen) atoms. The van der Waals surface area contributed by atoms with E-state index in [1.165, 1.54) is 0 Å². The maximum atomic E-state index is 11.7. The largest absolute Gasteiger partial charge is 0.488 e. The van der Waals surface area contributed by atoms with E-state index >= 15 is 0 Å². The zero-order valence-electron chi connectivity index (χ0n) is 20.8. The van der Waals surface area contributed by atoms with Crippen molar-refractivity contribution in [1.29, 1.82) is 0 Å². The Morgan fingerprint density at radius 3 is 2.36 bits per heavy atom. The topological polar surface area (TPSA) is 119 Å². The number of carbonyl (C=O) groups is 1. The van der Waals surface area contributed by atoms with Gasteiger partial charge in [-0.3, -0.25) is 15.1 Å².